The van der Waals surface area contributed by atoms with Gasteiger partial charge in [0.2, 0.25) is 0 Å². The lowest BCUT2D eigenvalue weighted by molar-refractivity contribution is -0.139. The van der Waals surface area contributed by atoms with Crippen LogP contribution in [0.25, 0.3) is 0 Å². The predicted octanol–water partition coefficient (Wildman–Crippen LogP) is -0.915. The molecule has 0 radical (unpaired) electrons. The van der Waals surface area contributed by atoms with Gasteiger partial charge >= 0.3 is 23.6 Å². The number of carbonyl (C=O) groups excluding carboxylic acids is 4. The van der Waals surface area contributed by atoms with E-state index in [1.54, 1.807) is 0 Å². The van der Waals surface area contributed by atoms with E-state index in [1.165, 1.54) is 0 Å². The molecule has 4 amide bonds. The van der Waals surface area contributed by atoms with E-state index < -0.39 is 23.6 Å². The molecule has 162 valence electrons. The summed E-state index contributed by atoms with van der Waals surface area (Å²) in [5, 5.41) is 9.97. The highest BCUT2D eigenvalue weighted by molar-refractivity contribution is 6.35. The maximum atomic E-state index is 11.5. The smallest absolute Gasteiger partial charge is 0.309 e. The van der Waals surface area contributed by atoms with Gasteiger partial charge in [0, 0.05) is 26.2 Å². The minimum Gasteiger partial charge on any atom is -0.377 e. The average molecular weight is 402 g/mol. The molecule has 0 unspecified atom stereocenters. The molecule has 0 aromatic rings. The zero-order chi connectivity index (χ0) is 21.0. The van der Waals surface area contributed by atoms with Gasteiger partial charge in [-0.1, -0.05) is 26.7 Å². The highest BCUT2D eigenvalue weighted by Crippen LogP contribution is 1.84. The van der Waals surface area contributed by atoms with E-state index in [2.05, 4.69) is 21.3 Å². The van der Waals surface area contributed by atoms with Crippen molar-refractivity contribution >= 4 is 23.6 Å². The molecule has 0 rings (SSSR count). The lowest BCUT2D eigenvalue weighted by atomic mass is 10.3. The monoisotopic (exact) mass is 402 g/mol. The number of hydrogen-bond acceptors (Lipinski definition) is 6. The minimum absolute atomic E-state index is 0.225. The van der Waals surface area contributed by atoms with Crippen LogP contribution in [0.1, 0.15) is 39.5 Å². The minimum atomic E-state index is -0.676. The largest absolute Gasteiger partial charge is 0.377 e. The van der Waals surface area contributed by atoms with E-state index in [9.17, 15) is 19.2 Å². The molecule has 0 aliphatic heterocycles. The summed E-state index contributed by atoms with van der Waals surface area (Å²) in [7, 11) is 0. The number of hydrogen-bond donors (Lipinski definition) is 4. The van der Waals surface area contributed by atoms with Crippen molar-refractivity contribution in [1.82, 2.24) is 21.3 Å². The van der Waals surface area contributed by atoms with Gasteiger partial charge in [0.05, 0.1) is 26.4 Å². The lowest BCUT2D eigenvalue weighted by Gasteiger charge is -2.08. The second-order valence-electron chi connectivity index (χ2n) is 5.96. The summed E-state index contributed by atoms with van der Waals surface area (Å²) in [6.45, 7) is 6.55. The Labute approximate surface area is 166 Å². The van der Waals surface area contributed by atoms with E-state index in [0.29, 0.717) is 26.3 Å². The van der Waals surface area contributed by atoms with Crippen molar-refractivity contribution in [2.75, 3.05) is 52.6 Å². The van der Waals surface area contributed by atoms with Crippen LogP contribution in [-0.4, -0.2) is 76.2 Å². The molecule has 0 atom stereocenters. The summed E-state index contributed by atoms with van der Waals surface area (Å²) in [5.74, 6) is -2.63. The Morgan fingerprint density at radius 2 is 0.857 bits per heavy atom. The summed E-state index contributed by atoms with van der Waals surface area (Å²) in [4.78, 5) is 45.7. The second-order valence-corrected chi connectivity index (χ2v) is 5.96. The van der Waals surface area contributed by atoms with Crippen LogP contribution in [0.15, 0.2) is 0 Å². The standard InChI is InChI=1S/C18H34N4O6/c1-3-5-7-19-15(23)17(25)21-9-11-27-13-14-28-12-10-22-18(26)16(24)20-8-6-4-2/h3-14H2,1-2H3,(H,19,23)(H,20,24)(H,21,25)(H,22,26). The molecule has 0 aromatic carbocycles. The van der Waals surface area contributed by atoms with Crippen LogP contribution in [0.2, 0.25) is 0 Å². The van der Waals surface area contributed by atoms with Gasteiger partial charge in [-0.15, -0.1) is 0 Å². The van der Waals surface area contributed by atoms with Crippen molar-refractivity contribution in [2.24, 2.45) is 0 Å². The molecule has 0 heterocycles. The first kappa shape index (κ1) is 25.8. The van der Waals surface area contributed by atoms with Crippen LogP contribution in [0.5, 0.6) is 0 Å². The summed E-state index contributed by atoms with van der Waals surface area (Å²) in [5.41, 5.74) is 0. The SMILES string of the molecule is CCCCNC(=O)C(=O)NCCOCCOCCNC(=O)C(=O)NCCCC. The molecular formula is C18H34N4O6. The Bertz CT molecular complexity index is 431. The van der Waals surface area contributed by atoms with Crippen molar-refractivity contribution in [3.8, 4) is 0 Å². The van der Waals surface area contributed by atoms with Crippen molar-refractivity contribution in [3.05, 3.63) is 0 Å². The molecule has 0 saturated heterocycles. The van der Waals surface area contributed by atoms with Gasteiger partial charge in [0.15, 0.2) is 0 Å². The number of carbonyl (C=O) groups is 4. The second kappa shape index (κ2) is 18.2. The van der Waals surface area contributed by atoms with E-state index in [4.69, 9.17) is 9.47 Å². The molecule has 0 spiro atoms. The Hall–Kier alpha value is -2.20. The van der Waals surface area contributed by atoms with Crippen LogP contribution in [-0.2, 0) is 28.7 Å². The average Bonchev–Trinajstić information content (AvgIpc) is 2.69. The number of rotatable bonds is 15. The normalized spacial score (nSPS) is 10.2. The van der Waals surface area contributed by atoms with Crippen LogP contribution < -0.4 is 21.3 Å². The van der Waals surface area contributed by atoms with E-state index in [-0.39, 0.29) is 26.3 Å². The Morgan fingerprint density at radius 3 is 1.18 bits per heavy atom. The molecule has 0 aromatic heterocycles. The van der Waals surface area contributed by atoms with Crippen molar-refractivity contribution in [3.63, 3.8) is 0 Å². The number of ether oxygens (including phenoxy) is 2. The third-order valence-corrected chi connectivity index (χ3v) is 3.48. The number of unbranched alkanes of at least 4 members (excludes halogenated alkanes) is 2. The maximum Gasteiger partial charge on any atom is 0.309 e. The van der Waals surface area contributed by atoms with Crippen LogP contribution in [0.4, 0.5) is 0 Å². The van der Waals surface area contributed by atoms with E-state index in [1.807, 2.05) is 13.8 Å². The fraction of sp³-hybridized carbons (Fsp3) is 0.778. The first-order chi connectivity index (χ1) is 13.5. The molecular weight excluding hydrogens is 368 g/mol. The lowest BCUT2D eigenvalue weighted by Crippen LogP contribution is -2.41. The van der Waals surface area contributed by atoms with Gasteiger partial charge < -0.3 is 30.7 Å². The Kier molecular flexibility index (Phi) is 16.7. The zero-order valence-corrected chi connectivity index (χ0v) is 16.9. The fourth-order valence-corrected chi connectivity index (χ4v) is 1.87. The Balaban J connectivity index is 3.46. The third-order valence-electron chi connectivity index (χ3n) is 3.48. The van der Waals surface area contributed by atoms with Gasteiger partial charge in [-0.3, -0.25) is 19.2 Å². The molecule has 0 saturated carbocycles. The highest BCUT2D eigenvalue weighted by atomic mass is 16.5. The zero-order valence-electron chi connectivity index (χ0n) is 16.9. The summed E-state index contributed by atoms with van der Waals surface area (Å²) in [6.07, 6.45) is 3.55. The first-order valence-corrected chi connectivity index (χ1v) is 9.80. The van der Waals surface area contributed by atoms with Gasteiger partial charge in [0.1, 0.15) is 0 Å². The van der Waals surface area contributed by atoms with Crippen LogP contribution >= 0.6 is 0 Å². The topological polar surface area (TPSA) is 135 Å². The first-order valence-electron chi connectivity index (χ1n) is 9.80. The molecule has 0 fully saturated rings. The highest BCUT2D eigenvalue weighted by Gasteiger charge is 2.12. The van der Waals surface area contributed by atoms with Crippen molar-refractivity contribution in [2.45, 2.75) is 39.5 Å². The van der Waals surface area contributed by atoms with E-state index in [0.717, 1.165) is 25.7 Å². The fourth-order valence-electron chi connectivity index (χ4n) is 1.87. The van der Waals surface area contributed by atoms with Gasteiger partial charge in [-0.05, 0) is 12.8 Å². The molecule has 0 bridgehead atoms. The van der Waals surface area contributed by atoms with Crippen molar-refractivity contribution < 1.29 is 28.7 Å². The summed E-state index contributed by atoms with van der Waals surface area (Å²) >= 11 is 0. The molecule has 10 heteroatoms. The quantitative estimate of drug-likeness (QED) is 0.207. The van der Waals surface area contributed by atoms with Crippen LogP contribution in [0.3, 0.4) is 0 Å². The number of nitrogens with one attached hydrogen (secondary N) is 4. The van der Waals surface area contributed by atoms with Gasteiger partial charge in [-0.25, -0.2) is 0 Å². The van der Waals surface area contributed by atoms with Gasteiger partial charge in [-0.2, -0.15) is 0 Å². The number of amides is 4. The van der Waals surface area contributed by atoms with Crippen molar-refractivity contribution in [1.29, 1.82) is 0 Å². The molecule has 4 N–H and O–H groups in total. The molecule has 10 nitrogen and oxygen atoms in total. The molecule has 0 aliphatic rings. The summed E-state index contributed by atoms with van der Waals surface area (Å²) < 4.78 is 10.5. The molecule has 28 heavy (non-hydrogen) atoms. The van der Waals surface area contributed by atoms with E-state index >= 15 is 0 Å². The Morgan fingerprint density at radius 1 is 0.536 bits per heavy atom. The van der Waals surface area contributed by atoms with Crippen LogP contribution in [0, 0.1) is 0 Å². The summed E-state index contributed by atoms with van der Waals surface area (Å²) in [6, 6.07) is 0. The van der Waals surface area contributed by atoms with Gasteiger partial charge in [0.25, 0.3) is 0 Å². The maximum absolute atomic E-state index is 11.5. The predicted molar refractivity (Wildman–Crippen MR) is 103 cm³/mol. The molecule has 0 aliphatic carbocycles. The third kappa shape index (κ3) is 14.9.